The lowest BCUT2D eigenvalue weighted by Crippen LogP contribution is -2.14. The van der Waals surface area contributed by atoms with Crippen LogP contribution in [-0.4, -0.2) is 14.5 Å². The number of nitrogens with zero attached hydrogens (tertiary/aromatic N) is 3. The topological polar surface area (TPSA) is 30.7 Å². The number of rotatable bonds is 2. The molecule has 39 heavy (non-hydrogen) atoms. The Morgan fingerprint density at radius 1 is 0.615 bits per heavy atom. The molecule has 0 N–H and O–H groups in total. The lowest BCUT2D eigenvalue weighted by atomic mass is 9.82. The number of benzene rings is 5. The van der Waals surface area contributed by atoms with E-state index < -0.39 is 0 Å². The summed E-state index contributed by atoms with van der Waals surface area (Å²) in [6.07, 6.45) is 0. The van der Waals surface area contributed by atoms with Crippen LogP contribution in [0.25, 0.3) is 61.0 Å². The van der Waals surface area contributed by atoms with E-state index in [2.05, 4.69) is 97.3 Å². The first-order valence-corrected chi connectivity index (χ1v) is 13.6. The second kappa shape index (κ2) is 8.02. The van der Waals surface area contributed by atoms with Crippen LogP contribution in [-0.2, 0) is 5.41 Å². The summed E-state index contributed by atoms with van der Waals surface area (Å²) in [5.74, 6) is 0.639. The molecule has 0 saturated carbocycles. The van der Waals surface area contributed by atoms with E-state index in [9.17, 15) is 0 Å². The molecule has 2 aromatic heterocycles. The van der Waals surface area contributed by atoms with E-state index in [1.807, 2.05) is 30.3 Å². The third kappa shape index (κ3) is 3.17. The second-order valence-corrected chi connectivity index (χ2v) is 11.3. The molecule has 0 fully saturated rings. The highest BCUT2D eigenvalue weighted by molar-refractivity contribution is 6.31. The van der Waals surface area contributed by atoms with Crippen molar-refractivity contribution in [2.75, 3.05) is 0 Å². The Hall–Kier alpha value is -4.47. The molecule has 0 atom stereocenters. The van der Waals surface area contributed by atoms with Gasteiger partial charge < -0.3 is 0 Å². The normalized spacial score (nSPS) is 13.7. The van der Waals surface area contributed by atoms with Crippen molar-refractivity contribution in [1.82, 2.24) is 14.5 Å². The Bertz CT molecular complexity index is 2110. The fourth-order valence-corrected chi connectivity index (χ4v) is 6.55. The average molecular weight is 522 g/mol. The summed E-state index contributed by atoms with van der Waals surface area (Å²) >= 11 is 6.59. The molecular formula is C35H24ClN3. The van der Waals surface area contributed by atoms with Gasteiger partial charge in [-0.05, 0) is 52.6 Å². The van der Waals surface area contributed by atoms with Gasteiger partial charge in [0, 0.05) is 32.2 Å². The quantitative estimate of drug-likeness (QED) is 0.227. The number of hydrogen-bond donors (Lipinski definition) is 0. The summed E-state index contributed by atoms with van der Waals surface area (Å²) in [6.45, 7) is 4.64. The van der Waals surface area contributed by atoms with Crippen molar-refractivity contribution >= 4 is 44.3 Å². The van der Waals surface area contributed by atoms with Gasteiger partial charge in [-0.1, -0.05) is 104 Å². The molecule has 0 saturated heterocycles. The van der Waals surface area contributed by atoms with Crippen LogP contribution in [0, 0.1) is 0 Å². The summed E-state index contributed by atoms with van der Waals surface area (Å²) in [4.78, 5) is 10.3. The molecule has 0 bridgehead atoms. The molecule has 3 nitrogen and oxygen atoms in total. The average Bonchev–Trinajstić information content (AvgIpc) is 3.39. The van der Waals surface area contributed by atoms with Gasteiger partial charge in [-0.2, -0.15) is 0 Å². The van der Waals surface area contributed by atoms with Gasteiger partial charge in [0.15, 0.2) is 0 Å². The van der Waals surface area contributed by atoms with E-state index in [1.54, 1.807) is 0 Å². The molecular weight excluding hydrogens is 498 g/mol. The molecule has 0 spiro atoms. The van der Waals surface area contributed by atoms with Crippen molar-refractivity contribution in [2.24, 2.45) is 0 Å². The molecule has 4 heteroatoms. The van der Waals surface area contributed by atoms with Crippen LogP contribution in [0.2, 0.25) is 5.02 Å². The van der Waals surface area contributed by atoms with Gasteiger partial charge in [0.1, 0.15) is 0 Å². The van der Waals surface area contributed by atoms with Crippen molar-refractivity contribution in [3.8, 4) is 28.3 Å². The van der Waals surface area contributed by atoms with E-state index in [1.165, 1.54) is 27.6 Å². The Morgan fingerprint density at radius 2 is 1.36 bits per heavy atom. The summed E-state index contributed by atoms with van der Waals surface area (Å²) in [5, 5.41) is 4.04. The smallest absolute Gasteiger partial charge is 0.235 e. The van der Waals surface area contributed by atoms with Gasteiger partial charge in [0.2, 0.25) is 5.95 Å². The van der Waals surface area contributed by atoms with Crippen LogP contribution >= 0.6 is 11.6 Å². The van der Waals surface area contributed by atoms with Gasteiger partial charge in [0.05, 0.1) is 22.2 Å². The second-order valence-electron chi connectivity index (χ2n) is 10.8. The third-order valence-electron chi connectivity index (χ3n) is 8.27. The van der Waals surface area contributed by atoms with Gasteiger partial charge in [-0.3, -0.25) is 4.57 Å². The molecule has 186 valence electrons. The number of hydrogen-bond acceptors (Lipinski definition) is 2. The molecule has 0 amide bonds. The van der Waals surface area contributed by atoms with Crippen molar-refractivity contribution in [3.63, 3.8) is 0 Å². The fourth-order valence-electron chi connectivity index (χ4n) is 6.38. The van der Waals surface area contributed by atoms with Crippen molar-refractivity contribution < 1.29 is 0 Å². The third-order valence-corrected chi connectivity index (χ3v) is 8.51. The number of aromatic nitrogens is 3. The maximum absolute atomic E-state index is 6.59. The zero-order valence-electron chi connectivity index (χ0n) is 21.6. The predicted octanol–water partition coefficient (Wildman–Crippen LogP) is 9.35. The van der Waals surface area contributed by atoms with Gasteiger partial charge in [-0.15, -0.1) is 0 Å². The first kappa shape index (κ1) is 22.5. The number of halogens is 1. The highest BCUT2D eigenvalue weighted by atomic mass is 35.5. The van der Waals surface area contributed by atoms with Crippen LogP contribution in [0.3, 0.4) is 0 Å². The highest BCUT2D eigenvalue weighted by Gasteiger charge is 2.36. The lowest BCUT2D eigenvalue weighted by Gasteiger charge is -2.21. The molecule has 5 aromatic carbocycles. The SMILES string of the molecule is CC1(C)c2ccccc2-c2cc3c(cc21)c1ccc(Cl)cc1n3-c1nc(-c2ccccc2)c2ccccc2n1. The van der Waals surface area contributed by atoms with Crippen LogP contribution < -0.4 is 0 Å². The van der Waals surface area contributed by atoms with Gasteiger partial charge in [0.25, 0.3) is 0 Å². The zero-order chi connectivity index (χ0) is 26.3. The van der Waals surface area contributed by atoms with Crippen LogP contribution in [0.5, 0.6) is 0 Å². The lowest BCUT2D eigenvalue weighted by molar-refractivity contribution is 0.661. The standard InChI is InChI=1S/C35H24ClN3/c1-35(2)28-14-8-6-12-23(28)26-20-32-27(19-29(26)35)24-17-16-22(36)18-31(24)39(32)34-37-30-15-9-7-13-25(30)33(38-34)21-10-4-3-5-11-21/h3-20H,1-2H3. The maximum Gasteiger partial charge on any atom is 0.235 e. The van der Waals surface area contributed by atoms with Gasteiger partial charge >= 0.3 is 0 Å². The molecule has 1 aliphatic carbocycles. The van der Waals surface area contributed by atoms with Gasteiger partial charge in [-0.25, -0.2) is 9.97 Å². The van der Waals surface area contributed by atoms with Crippen molar-refractivity contribution in [2.45, 2.75) is 19.3 Å². The van der Waals surface area contributed by atoms with Crippen LogP contribution in [0.1, 0.15) is 25.0 Å². The molecule has 8 rings (SSSR count). The predicted molar refractivity (Wildman–Crippen MR) is 162 cm³/mol. The Morgan fingerprint density at radius 3 is 2.23 bits per heavy atom. The Kier molecular flexibility index (Phi) is 4.63. The van der Waals surface area contributed by atoms with Crippen molar-refractivity contribution in [3.05, 3.63) is 125 Å². The zero-order valence-corrected chi connectivity index (χ0v) is 22.4. The number of fused-ring (bicyclic) bond motifs is 7. The minimum atomic E-state index is -0.0824. The minimum absolute atomic E-state index is 0.0824. The van der Waals surface area contributed by atoms with E-state index in [4.69, 9.17) is 21.6 Å². The summed E-state index contributed by atoms with van der Waals surface area (Å²) in [5.41, 5.74) is 10.1. The minimum Gasteiger partial charge on any atom is -0.278 e. The van der Waals surface area contributed by atoms with E-state index in [0.717, 1.165) is 38.6 Å². The van der Waals surface area contributed by atoms with E-state index in [0.29, 0.717) is 11.0 Å². The van der Waals surface area contributed by atoms with Crippen LogP contribution in [0.15, 0.2) is 109 Å². The van der Waals surface area contributed by atoms with Crippen LogP contribution in [0.4, 0.5) is 0 Å². The summed E-state index contributed by atoms with van der Waals surface area (Å²) in [6, 6.07) is 38.1. The molecule has 0 aliphatic heterocycles. The Labute approximate surface area is 231 Å². The van der Waals surface area contributed by atoms with E-state index in [-0.39, 0.29) is 5.41 Å². The molecule has 2 heterocycles. The van der Waals surface area contributed by atoms with Crippen molar-refractivity contribution in [1.29, 1.82) is 0 Å². The first-order chi connectivity index (χ1) is 19.0. The number of para-hydroxylation sites is 1. The largest absolute Gasteiger partial charge is 0.278 e. The fraction of sp³-hybridized carbons (Fsp3) is 0.0857. The summed E-state index contributed by atoms with van der Waals surface area (Å²) < 4.78 is 2.18. The van der Waals surface area contributed by atoms with E-state index >= 15 is 0 Å². The maximum atomic E-state index is 6.59. The molecule has 0 unspecified atom stereocenters. The molecule has 7 aromatic rings. The monoisotopic (exact) mass is 521 g/mol. The Balaban J connectivity index is 1.51. The molecule has 0 radical (unpaired) electrons. The first-order valence-electron chi connectivity index (χ1n) is 13.2. The highest BCUT2D eigenvalue weighted by Crippen LogP contribution is 2.51. The summed E-state index contributed by atoms with van der Waals surface area (Å²) in [7, 11) is 0. The molecule has 1 aliphatic rings.